The number of amides is 4. The molecule has 0 saturated carbocycles. The van der Waals surface area contributed by atoms with Crippen LogP contribution in [0.1, 0.15) is 109 Å². The Morgan fingerprint density at radius 2 is 0.657 bits per heavy atom. The Kier molecular flexibility index (Phi) is 35.0. The van der Waals surface area contributed by atoms with Crippen molar-refractivity contribution in [2.24, 2.45) is 0 Å². The third-order valence-electron chi connectivity index (χ3n) is 24.2. The van der Waals surface area contributed by atoms with Crippen molar-refractivity contribution in [3.63, 3.8) is 0 Å². The van der Waals surface area contributed by atoms with Crippen LogP contribution >= 0.6 is 105 Å². The summed E-state index contributed by atoms with van der Waals surface area (Å²) < 4.78 is 105. The number of nitrogens with zero attached hydrogens (tertiary/aromatic N) is 8. The molecule has 0 bridgehead atoms. The number of aliphatic hydroxyl groups excluding tert-OH is 2. The van der Waals surface area contributed by atoms with Gasteiger partial charge < -0.3 is 54.1 Å². The average molecular weight is 2070 g/mol. The fraction of sp³-hybridized carbons (Fsp3) is 0.269. The van der Waals surface area contributed by atoms with Gasteiger partial charge >= 0.3 is 11.7 Å². The van der Waals surface area contributed by atoms with Crippen LogP contribution in [0.25, 0.3) is 0 Å². The second-order valence-corrected chi connectivity index (χ2v) is 40.3. The highest BCUT2D eigenvalue weighted by Gasteiger charge is 2.40. The molecule has 4 aliphatic rings. The molecule has 17 nitrogen and oxygen atoms in total. The van der Waals surface area contributed by atoms with Crippen molar-refractivity contribution in [2.45, 2.75) is 98.4 Å². The van der Waals surface area contributed by atoms with E-state index in [1.807, 2.05) is 190 Å². The number of carbonyl (C=O) groups is 4. The highest BCUT2D eigenvalue weighted by molar-refractivity contribution is 8.00. The number of sulfone groups is 1. The second-order valence-electron chi connectivity index (χ2n) is 33.8. The van der Waals surface area contributed by atoms with Gasteiger partial charge in [-0.05, 0) is 252 Å². The topological polar surface area (TPSA) is 178 Å². The Morgan fingerprint density at radius 3 is 0.927 bits per heavy atom. The van der Waals surface area contributed by atoms with Gasteiger partial charge in [0.1, 0.15) is 5.75 Å². The summed E-state index contributed by atoms with van der Waals surface area (Å²) >= 11 is 50.6. The van der Waals surface area contributed by atoms with E-state index >= 15 is 0 Å². The number of rotatable bonds is 19. The third kappa shape index (κ3) is 27.4. The largest absolute Gasteiger partial charge is 0.497 e. The van der Waals surface area contributed by atoms with Gasteiger partial charge in [-0.15, -0.1) is 0 Å². The smallest absolute Gasteiger partial charge is 0.446 e. The van der Waals surface area contributed by atoms with E-state index in [2.05, 4.69) is 19.6 Å². The number of carbonyl (C=O) groups excluding carboxylic acids is 4. The maximum absolute atomic E-state index is 13.2. The number of alkyl halides is 6. The van der Waals surface area contributed by atoms with Gasteiger partial charge in [0, 0.05) is 110 Å². The van der Waals surface area contributed by atoms with E-state index < -0.39 is 45.2 Å². The van der Waals surface area contributed by atoms with Crippen LogP contribution in [0.15, 0.2) is 277 Å². The maximum atomic E-state index is 13.2. The molecule has 12 aromatic carbocycles. The van der Waals surface area contributed by atoms with Gasteiger partial charge in [0.2, 0.25) is 11.8 Å². The fourth-order valence-corrected chi connectivity index (χ4v) is 20.0. The molecular weight excluding hydrogens is 1970 g/mol. The molecular formula is C104H98Cl8F6N8O9S2. The summed E-state index contributed by atoms with van der Waals surface area (Å²) in [7, 11) is -1.69. The van der Waals surface area contributed by atoms with Crippen molar-refractivity contribution in [1.82, 2.24) is 19.6 Å². The van der Waals surface area contributed by atoms with Crippen molar-refractivity contribution >= 4 is 161 Å². The number of aliphatic hydroxyl groups is 2. The Bertz CT molecular complexity index is 6340. The highest BCUT2D eigenvalue weighted by Crippen LogP contribution is 2.44. The quantitative estimate of drug-likeness (QED) is 0.0577. The number of anilines is 4. The standard InChI is InChI=1S/C26H23Cl2F3N2O2.C26H23Cl2F3N2OS.C26H26Cl2N2O3S.C26H26Cl2N2O3/c1-16-2-11-22(21(28)14-16)33-13-12-32(15-23(33)17-5-9-20(27)10-6-17)25(35)24(34)18-3-7-19(8-4-18)26(29,30)31;1-17-2-11-23(22(28)14-17)33-13-12-32(16-24(33)19-5-7-20(27)8-6-19)25(34)15-18-3-9-21(10-4-18)35-26(29,30)31;1-18-3-12-24(23(28)15-18)30-14-13-29(17-25(30)20-6-8-21(27)9-7-20)26(31)16-19-4-10-22(11-5-19)34(2,32)33;1-17-3-12-23(22(28)15-17)30-14-13-29(16-24(30)18-4-8-20(27)9-5-18)26(32)25(31)19-6-10-21(33-2)11-7-19/h2-11,14,23-24,34H,12-13,15H2,1H3;2-11,14,24H,12-13,15-16H2,1H3;3-12,15,25H,13-14,16-17H2,1-2H3;3-12,15,24-25,31H,13-14,16H2,1-2H3. The molecule has 4 fully saturated rings. The summed E-state index contributed by atoms with van der Waals surface area (Å²) in [5.74, 6) is -0.299. The number of halogens is 14. The van der Waals surface area contributed by atoms with E-state index in [1.165, 1.54) is 23.3 Å². The summed E-state index contributed by atoms with van der Waals surface area (Å²) in [5, 5.41) is 26.6. The molecule has 0 radical (unpaired) electrons. The van der Waals surface area contributed by atoms with Crippen LogP contribution in [-0.4, -0.2) is 159 Å². The second kappa shape index (κ2) is 46.2. The molecule has 0 aliphatic carbocycles. The Morgan fingerprint density at radius 1 is 0.380 bits per heavy atom. The molecule has 4 amide bonds. The predicted molar refractivity (Wildman–Crippen MR) is 537 cm³/mol. The lowest BCUT2D eigenvalue weighted by Gasteiger charge is -2.44. The minimum absolute atomic E-state index is 0.000669. The zero-order valence-electron chi connectivity index (χ0n) is 75.2. The summed E-state index contributed by atoms with van der Waals surface area (Å²) in [4.78, 5) is 68.7. The summed E-state index contributed by atoms with van der Waals surface area (Å²) in [6.45, 7) is 13.7. The van der Waals surface area contributed by atoms with Crippen LogP contribution in [0.4, 0.5) is 49.1 Å². The summed E-state index contributed by atoms with van der Waals surface area (Å²) in [5.41, 5.74) is 8.77. The van der Waals surface area contributed by atoms with Crippen LogP contribution in [0, 0.1) is 27.7 Å². The first-order valence-electron chi connectivity index (χ1n) is 43.7. The minimum Gasteiger partial charge on any atom is -0.497 e. The number of ether oxygens (including phenoxy) is 1. The van der Waals surface area contributed by atoms with Gasteiger partial charge in [-0.1, -0.05) is 214 Å². The molecule has 33 heteroatoms. The monoisotopic (exact) mass is 2060 g/mol. The normalized spacial score (nSPS) is 16.9. The number of benzene rings is 12. The van der Waals surface area contributed by atoms with Crippen LogP contribution in [0.3, 0.4) is 0 Å². The lowest BCUT2D eigenvalue weighted by atomic mass is 9.99. The summed E-state index contributed by atoms with van der Waals surface area (Å²) in [6.07, 6.45) is -5.80. The minimum atomic E-state index is -4.49. The molecule has 2 N–H and O–H groups in total. The van der Waals surface area contributed by atoms with Crippen LogP contribution in [0.5, 0.6) is 5.75 Å². The first-order chi connectivity index (χ1) is 65.1. The van der Waals surface area contributed by atoms with E-state index in [0.29, 0.717) is 129 Å². The molecule has 12 aromatic rings. The van der Waals surface area contributed by atoms with Gasteiger partial charge in [0.15, 0.2) is 22.0 Å². The van der Waals surface area contributed by atoms with Crippen LogP contribution in [0.2, 0.25) is 40.2 Å². The number of hydrogen-bond acceptors (Lipinski definition) is 14. The number of hydrogen-bond donors (Lipinski definition) is 2. The molecule has 6 atom stereocenters. The van der Waals surface area contributed by atoms with Crippen LogP contribution in [-0.2, 0) is 48.0 Å². The SMILES string of the molecule is COc1ccc(C(O)C(=O)N2CCN(c3ccc(C)cc3Cl)C(c3ccc(Cl)cc3)C2)cc1.Cc1ccc(N2CCN(C(=O)C(O)c3ccc(C(F)(F)F)cc3)CC2c2ccc(Cl)cc2)c(Cl)c1.Cc1ccc(N2CCN(C(=O)Cc3ccc(S(C)(=O)=O)cc3)CC2c2ccc(Cl)cc2)c(Cl)c1.Cc1ccc(N2CCN(C(=O)Cc3ccc(SC(F)(F)F)cc3)CC2c2ccc(Cl)cc2)c(Cl)c1. The van der Waals surface area contributed by atoms with E-state index in [-0.39, 0.29) is 88.4 Å². The molecule has 6 unspecified atom stereocenters. The van der Waals surface area contributed by atoms with Crippen molar-refractivity contribution in [3.8, 4) is 5.75 Å². The third-order valence-corrected chi connectivity index (χ3v) is 28.3. The van der Waals surface area contributed by atoms with Crippen molar-refractivity contribution in [2.75, 3.05) is 112 Å². The van der Waals surface area contributed by atoms with Crippen molar-refractivity contribution < 1.29 is 68.9 Å². The van der Waals surface area contributed by atoms with Gasteiger partial charge in [-0.25, -0.2) is 8.42 Å². The molecule has 0 aromatic heterocycles. The predicted octanol–water partition coefficient (Wildman–Crippen LogP) is 24.8. The van der Waals surface area contributed by atoms with Crippen molar-refractivity contribution in [1.29, 1.82) is 0 Å². The number of aryl methyl sites for hydroxylation is 4. The molecule has 137 heavy (non-hydrogen) atoms. The van der Waals surface area contributed by atoms with Gasteiger partial charge in [-0.2, -0.15) is 26.3 Å². The average Bonchev–Trinajstić information content (AvgIpc) is 0.793. The number of methoxy groups -OCH3 is 1. The summed E-state index contributed by atoms with van der Waals surface area (Å²) in [6, 6.07) is 76.6. The van der Waals surface area contributed by atoms with Gasteiger partial charge in [-0.3, -0.25) is 19.2 Å². The van der Waals surface area contributed by atoms with E-state index in [1.54, 1.807) is 89.7 Å². The molecule has 718 valence electrons. The highest BCUT2D eigenvalue weighted by atomic mass is 35.5. The van der Waals surface area contributed by atoms with Gasteiger partial charge in [0.25, 0.3) is 11.8 Å². The molecule has 4 saturated heterocycles. The lowest BCUT2D eigenvalue weighted by molar-refractivity contribution is -0.142. The van der Waals surface area contributed by atoms with Gasteiger partial charge in [0.05, 0.1) is 97.4 Å². The van der Waals surface area contributed by atoms with Crippen LogP contribution < -0.4 is 24.3 Å². The number of thioether (sulfide) groups is 1. The first kappa shape index (κ1) is 104. The first-order valence-corrected chi connectivity index (χ1v) is 49.4. The number of piperazine rings is 4. The molecule has 0 spiro atoms. The van der Waals surface area contributed by atoms with E-state index in [4.69, 9.17) is 97.5 Å². The Balaban J connectivity index is 0.000000154. The fourth-order valence-electron chi connectivity index (χ4n) is 16.9. The Hall–Kier alpha value is -10.4. The lowest BCUT2D eigenvalue weighted by Crippen LogP contribution is -2.51. The Labute approximate surface area is 837 Å². The zero-order valence-corrected chi connectivity index (χ0v) is 82.9. The molecule has 16 rings (SSSR count). The zero-order chi connectivity index (χ0) is 98.5. The molecule has 4 aliphatic heterocycles. The van der Waals surface area contributed by atoms with Crippen molar-refractivity contribution in [3.05, 3.63) is 379 Å². The van der Waals surface area contributed by atoms with E-state index in [0.717, 1.165) is 97.1 Å². The van der Waals surface area contributed by atoms with E-state index in [9.17, 15) is 64.2 Å². The maximum Gasteiger partial charge on any atom is 0.446 e. The molecule has 4 heterocycles.